The third-order valence-corrected chi connectivity index (χ3v) is 9.90. The molecule has 1 aliphatic heterocycles. The van der Waals surface area contributed by atoms with Crippen LogP contribution in [0, 0.1) is 12.8 Å². The highest BCUT2D eigenvalue weighted by molar-refractivity contribution is 7.22. The second-order valence-electron chi connectivity index (χ2n) is 10.8. The number of halogens is 2. The van der Waals surface area contributed by atoms with Gasteiger partial charge in [-0.05, 0) is 62.4 Å². The topological polar surface area (TPSA) is 77.7 Å². The zero-order valence-electron chi connectivity index (χ0n) is 21.6. The maximum Gasteiger partial charge on any atom is 0.337 e. The lowest BCUT2D eigenvalue weighted by Gasteiger charge is -2.31. The average Bonchev–Trinajstić information content (AvgIpc) is 3.24. The minimum absolute atomic E-state index is 0.157. The molecule has 2 aromatic heterocycles. The van der Waals surface area contributed by atoms with Crippen LogP contribution < -0.4 is 4.90 Å². The summed E-state index contributed by atoms with van der Waals surface area (Å²) in [5, 5.41) is 6.51. The standard InChI is InChI=1S/C29H27Cl2N3O4S/c1-14-8-16(28(35)36-2)10-23-25(14)32-29(39-23)34-12-17-9-18(34)11-22(17)37-13-19-26(33-38-27(19)15-6-7-15)24-20(30)4-3-5-21(24)31/h3-5,8,10,15,17-18,22H,6-7,9,11-13H2,1-2H3. The molecule has 0 radical (unpaired) electrons. The zero-order valence-corrected chi connectivity index (χ0v) is 23.9. The molecule has 3 fully saturated rings. The Kier molecular flexibility index (Phi) is 6.34. The summed E-state index contributed by atoms with van der Waals surface area (Å²) in [5.74, 6) is 1.39. The van der Waals surface area contributed by atoms with Gasteiger partial charge in [-0.2, -0.15) is 0 Å². The van der Waals surface area contributed by atoms with Crippen LogP contribution in [-0.4, -0.2) is 41.9 Å². The number of aromatic nitrogens is 2. The van der Waals surface area contributed by atoms with Crippen molar-refractivity contribution in [1.29, 1.82) is 0 Å². The van der Waals surface area contributed by atoms with Gasteiger partial charge in [0.25, 0.3) is 0 Å². The highest BCUT2D eigenvalue weighted by Crippen LogP contribution is 2.48. The first kappa shape index (κ1) is 25.3. The number of hydrogen-bond donors (Lipinski definition) is 0. The second kappa shape index (κ2) is 9.77. The number of methoxy groups -OCH3 is 1. The van der Waals surface area contributed by atoms with E-state index in [4.69, 9.17) is 42.2 Å². The Balaban J connectivity index is 1.08. The van der Waals surface area contributed by atoms with Gasteiger partial charge in [-0.1, -0.05) is 45.8 Å². The number of piperidine rings is 1. The number of esters is 1. The van der Waals surface area contributed by atoms with E-state index in [9.17, 15) is 4.79 Å². The van der Waals surface area contributed by atoms with Gasteiger partial charge in [-0.3, -0.25) is 0 Å². The Bertz CT molecular complexity index is 1580. The van der Waals surface area contributed by atoms with Crippen molar-refractivity contribution in [3.8, 4) is 11.3 Å². The van der Waals surface area contributed by atoms with Gasteiger partial charge in [0.1, 0.15) is 11.5 Å². The van der Waals surface area contributed by atoms with Crippen molar-refractivity contribution >= 4 is 55.9 Å². The predicted molar refractivity (Wildman–Crippen MR) is 152 cm³/mol. The molecule has 0 amide bonds. The van der Waals surface area contributed by atoms with Crippen LogP contribution in [0.1, 0.15) is 58.8 Å². The molecule has 3 unspecified atom stereocenters. The van der Waals surface area contributed by atoms with Crippen LogP contribution in [0.2, 0.25) is 10.0 Å². The first-order chi connectivity index (χ1) is 18.9. The highest BCUT2D eigenvalue weighted by atomic mass is 35.5. The second-order valence-corrected chi connectivity index (χ2v) is 12.6. The normalized spacial score (nSPS) is 22.3. The monoisotopic (exact) mass is 583 g/mol. The lowest BCUT2D eigenvalue weighted by Crippen LogP contribution is -2.38. The van der Waals surface area contributed by atoms with Crippen LogP contribution in [0.25, 0.3) is 21.5 Å². The van der Waals surface area contributed by atoms with Crippen molar-refractivity contribution in [3.63, 3.8) is 0 Å². The van der Waals surface area contributed by atoms with Crippen LogP contribution in [-0.2, 0) is 16.1 Å². The molecule has 2 bridgehead atoms. The van der Waals surface area contributed by atoms with Crippen molar-refractivity contribution in [2.45, 2.75) is 57.3 Å². The van der Waals surface area contributed by atoms with Crippen molar-refractivity contribution in [3.05, 3.63) is 62.8 Å². The van der Waals surface area contributed by atoms with E-state index in [1.54, 1.807) is 11.3 Å². The number of fused-ring (bicyclic) bond motifs is 3. The average molecular weight is 585 g/mol. The SMILES string of the molecule is COC(=O)c1cc(C)c2nc(N3CC4CC3CC4OCc3c(-c4c(Cl)cccc4Cl)noc3C3CC3)sc2c1. The van der Waals surface area contributed by atoms with Gasteiger partial charge in [-0.15, -0.1) is 0 Å². The molecule has 0 spiro atoms. The summed E-state index contributed by atoms with van der Waals surface area (Å²) in [7, 11) is 1.40. The Morgan fingerprint density at radius 1 is 1.21 bits per heavy atom. The van der Waals surface area contributed by atoms with Crippen LogP contribution in [0.3, 0.4) is 0 Å². The van der Waals surface area contributed by atoms with Gasteiger partial charge in [0.15, 0.2) is 5.13 Å². The van der Waals surface area contributed by atoms with E-state index in [1.807, 2.05) is 37.3 Å². The number of rotatable bonds is 7. The van der Waals surface area contributed by atoms with Crippen LogP contribution in [0.15, 0.2) is 34.9 Å². The molecular weight excluding hydrogens is 557 g/mol. The number of benzene rings is 2. The molecule has 2 aliphatic carbocycles. The summed E-state index contributed by atoms with van der Waals surface area (Å²) in [6, 6.07) is 9.59. The maximum atomic E-state index is 12.1. The summed E-state index contributed by atoms with van der Waals surface area (Å²) in [5.41, 5.74) is 4.85. The summed E-state index contributed by atoms with van der Waals surface area (Å²) in [4.78, 5) is 19.4. The summed E-state index contributed by atoms with van der Waals surface area (Å²) in [6.45, 7) is 3.32. The lowest BCUT2D eigenvalue weighted by molar-refractivity contribution is 0.0122. The number of carbonyl (C=O) groups excluding carboxylic acids is 1. The lowest BCUT2D eigenvalue weighted by atomic mass is 10.0. The minimum Gasteiger partial charge on any atom is -0.465 e. The molecule has 10 heteroatoms. The molecule has 2 saturated carbocycles. The number of thiazole rings is 1. The van der Waals surface area contributed by atoms with Gasteiger partial charge in [0.05, 0.1) is 45.6 Å². The molecule has 1 saturated heterocycles. The molecule has 3 aliphatic rings. The van der Waals surface area contributed by atoms with E-state index in [0.29, 0.717) is 51.4 Å². The molecule has 7 nitrogen and oxygen atoms in total. The first-order valence-corrected chi connectivity index (χ1v) is 14.8. The van der Waals surface area contributed by atoms with Crippen LogP contribution in [0.4, 0.5) is 5.13 Å². The fourth-order valence-corrected chi connectivity index (χ4v) is 7.87. The van der Waals surface area contributed by atoms with Gasteiger partial charge in [0, 0.05) is 35.5 Å². The van der Waals surface area contributed by atoms with Gasteiger partial charge in [0.2, 0.25) is 0 Å². The summed E-state index contributed by atoms with van der Waals surface area (Å²) >= 11 is 14.7. The molecule has 0 N–H and O–H groups in total. The molecular formula is C29H27Cl2N3O4S. The van der Waals surface area contributed by atoms with Crippen molar-refractivity contribution in [2.75, 3.05) is 18.6 Å². The quantitative estimate of drug-likeness (QED) is 0.209. The van der Waals surface area contributed by atoms with Gasteiger partial charge >= 0.3 is 5.97 Å². The largest absolute Gasteiger partial charge is 0.465 e. The molecule has 7 rings (SSSR count). The summed E-state index contributed by atoms with van der Waals surface area (Å²) < 4.78 is 18.3. The number of aryl methyl sites for hydroxylation is 1. The fourth-order valence-electron chi connectivity index (χ4n) is 6.13. The third-order valence-electron chi connectivity index (χ3n) is 8.23. The van der Waals surface area contributed by atoms with Gasteiger partial charge in [-0.25, -0.2) is 9.78 Å². The Morgan fingerprint density at radius 2 is 2.00 bits per heavy atom. The Labute approximate surface area is 240 Å². The first-order valence-electron chi connectivity index (χ1n) is 13.2. The van der Waals surface area contributed by atoms with Crippen molar-refractivity contribution in [1.82, 2.24) is 10.1 Å². The number of hydrogen-bond acceptors (Lipinski definition) is 8. The van der Waals surface area contributed by atoms with Crippen molar-refractivity contribution < 1.29 is 18.8 Å². The maximum absolute atomic E-state index is 12.1. The molecule has 202 valence electrons. The third kappa shape index (κ3) is 4.42. The summed E-state index contributed by atoms with van der Waals surface area (Å²) in [6.07, 6.45) is 4.38. The van der Waals surface area contributed by atoms with E-state index in [2.05, 4.69) is 10.1 Å². The number of nitrogens with zero attached hydrogens (tertiary/aromatic N) is 3. The molecule has 2 aromatic carbocycles. The van der Waals surface area contributed by atoms with E-state index in [-0.39, 0.29) is 12.1 Å². The van der Waals surface area contributed by atoms with E-state index >= 15 is 0 Å². The Morgan fingerprint density at radius 3 is 2.69 bits per heavy atom. The number of ether oxygens (including phenoxy) is 2. The molecule has 4 aromatic rings. The zero-order chi connectivity index (χ0) is 26.8. The minimum atomic E-state index is -0.326. The van der Waals surface area contributed by atoms with E-state index < -0.39 is 0 Å². The number of carbonyl (C=O) groups is 1. The fraction of sp³-hybridized carbons (Fsp3) is 0.414. The van der Waals surface area contributed by atoms with Crippen LogP contribution >= 0.6 is 34.5 Å². The number of anilines is 1. The van der Waals surface area contributed by atoms with Gasteiger partial charge < -0.3 is 18.9 Å². The smallest absolute Gasteiger partial charge is 0.337 e. The molecule has 39 heavy (non-hydrogen) atoms. The molecule has 3 atom stereocenters. The predicted octanol–water partition coefficient (Wildman–Crippen LogP) is 7.41. The van der Waals surface area contributed by atoms with E-state index in [0.717, 1.165) is 64.5 Å². The Hall–Kier alpha value is -2.65. The van der Waals surface area contributed by atoms with Crippen LogP contribution in [0.5, 0.6) is 0 Å². The van der Waals surface area contributed by atoms with E-state index in [1.165, 1.54) is 7.11 Å². The molecule has 3 heterocycles. The van der Waals surface area contributed by atoms with Crippen molar-refractivity contribution in [2.24, 2.45) is 5.92 Å². The highest BCUT2D eigenvalue weighted by Gasteiger charge is 2.46.